The number of halogens is 2. The Balaban J connectivity index is 2.67. The lowest BCUT2D eigenvalue weighted by Gasteiger charge is -2.20. The summed E-state index contributed by atoms with van der Waals surface area (Å²) in [6.45, 7) is 4.72. The number of benzene rings is 2. The molecule has 0 amide bonds. The van der Waals surface area contributed by atoms with Crippen LogP contribution in [0.25, 0.3) is 11.1 Å². The number of rotatable bonds is 7. The van der Waals surface area contributed by atoms with Crippen LogP contribution in [0.2, 0.25) is 10.0 Å². The van der Waals surface area contributed by atoms with E-state index in [0.717, 1.165) is 29.5 Å². The van der Waals surface area contributed by atoms with Crippen molar-refractivity contribution in [3.05, 3.63) is 39.9 Å². The highest BCUT2D eigenvalue weighted by atomic mass is 35.5. The van der Waals surface area contributed by atoms with Crippen LogP contribution in [-0.2, 0) is 0 Å². The Labute approximate surface area is 153 Å². The average Bonchev–Trinajstić information content (AvgIpc) is 2.53. The van der Waals surface area contributed by atoms with Crippen LogP contribution in [0.5, 0.6) is 17.2 Å². The van der Waals surface area contributed by atoms with Gasteiger partial charge in [-0.3, -0.25) is 0 Å². The van der Waals surface area contributed by atoms with E-state index in [1.165, 1.54) is 0 Å². The van der Waals surface area contributed by atoms with Crippen molar-refractivity contribution in [1.82, 2.24) is 0 Å². The summed E-state index contributed by atoms with van der Waals surface area (Å²) in [6, 6.07) is 7.37. The SMILES string of the molecule is CCCCOc1c(OC)c(OC)cc(C)c1-c1cc(Cl)cc(Cl)c1. The summed E-state index contributed by atoms with van der Waals surface area (Å²) in [5.41, 5.74) is 2.79. The smallest absolute Gasteiger partial charge is 0.203 e. The predicted molar refractivity (Wildman–Crippen MR) is 100 cm³/mol. The number of hydrogen-bond donors (Lipinski definition) is 0. The number of methoxy groups -OCH3 is 2. The highest BCUT2D eigenvalue weighted by Gasteiger charge is 2.21. The van der Waals surface area contributed by atoms with Crippen molar-refractivity contribution < 1.29 is 14.2 Å². The minimum Gasteiger partial charge on any atom is -0.493 e. The van der Waals surface area contributed by atoms with Crippen molar-refractivity contribution in [2.24, 2.45) is 0 Å². The van der Waals surface area contributed by atoms with Crippen molar-refractivity contribution >= 4 is 23.2 Å². The van der Waals surface area contributed by atoms with Crippen LogP contribution in [0.15, 0.2) is 24.3 Å². The van der Waals surface area contributed by atoms with Gasteiger partial charge in [0.2, 0.25) is 5.75 Å². The second-order valence-corrected chi connectivity index (χ2v) is 6.37. The topological polar surface area (TPSA) is 27.7 Å². The van der Waals surface area contributed by atoms with Gasteiger partial charge in [-0.2, -0.15) is 0 Å². The molecule has 0 saturated heterocycles. The maximum Gasteiger partial charge on any atom is 0.203 e. The third kappa shape index (κ3) is 4.08. The second kappa shape index (κ2) is 8.50. The van der Waals surface area contributed by atoms with Crippen molar-refractivity contribution in [3.8, 4) is 28.4 Å². The molecule has 0 bridgehead atoms. The van der Waals surface area contributed by atoms with Gasteiger partial charge in [0.1, 0.15) is 0 Å². The zero-order chi connectivity index (χ0) is 17.7. The molecule has 2 aromatic carbocycles. The van der Waals surface area contributed by atoms with E-state index in [-0.39, 0.29) is 0 Å². The lowest BCUT2D eigenvalue weighted by molar-refractivity contribution is 0.280. The molecule has 0 aliphatic carbocycles. The molecule has 0 atom stereocenters. The molecule has 0 fully saturated rings. The summed E-state index contributed by atoms with van der Waals surface area (Å²) < 4.78 is 17.1. The normalized spacial score (nSPS) is 10.6. The zero-order valence-corrected chi connectivity index (χ0v) is 15.9. The monoisotopic (exact) mass is 368 g/mol. The minimum absolute atomic E-state index is 0.574. The molecule has 0 aliphatic heterocycles. The molecular formula is C19H22Cl2O3. The molecule has 0 saturated carbocycles. The van der Waals surface area contributed by atoms with Gasteiger partial charge in [0.15, 0.2) is 11.5 Å². The summed E-state index contributed by atoms with van der Waals surface area (Å²) in [7, 11) is 3.22. The predicted octanol–water partition coefficient (Wildman–Crippen LogP) is 6.16. The summed E-state index contributed by atoms with van der Waals surface area (Å²) in [5, 5.41) is 1.15. The first-order valence-electron chi connectivity index (χ1n) is 7.86. The van der Waals surface area contributed by atoms with Gasteiger partial charge < -0.3 is 14.2 Å². The van der Waals surface area contributed by atoms with Crippen molar-refractivity contribution in [3.63, 3.8) is 0 Å². The molecular weight excluding hydrogens is 347 g/mol. The molecule has 5 heteroatoms. The number of unbranched alkanes of at least 4 members (excludes halogenated alkanes) is 1. The maximum atomic E-state index is 6.18. The second-order valence-electron chi connectivity index (χ2n) is 5.49. The first kappa shape index (κ1) is 18.8. The van der Waals surface area contributed by atoms with Gasteiger partial charge in [-0.05, 0) is 48.7 Å². The quantitative estimate of drug-likeness (QED) is 0.547. The number of ether oxygens (including phenoxy) is 3. The van der Waals surface area contributed by atoms with Crippen LogP contribution in [0.3, 0.4) is 0 Å². The first-order chi connectivity index (χ1) is 11.5. The molecule has 0 N–H and O–H groups in total. The van der Waals surface area contributed by atoms with Crippen LogP contribution in [0.4, 0.5) is 0 Å². The fraction of sp³-hybridized carbons (Fsp3) is 0.368. The Morgan fingerprint density at radius 1 is 0.917 bits per heavy atom. The van der Waals surface area contributed by atoms with Crippen molar-refractivity contribution in [1.29, 1.82) is 0 Å². The molecule has 0 aliphatic rings. The van der Waals surface area contributed by atoms with Crippen LogP contribution in [0.1, 0.15) is 25.3 Å². The highest BCUT2D eigenvalue weighted by Crippen LogP contribution is 2.47. The van der Waals surface area contributed by atoms with Crippen LogP contribution >= 0.6 is 23.2 Å². The summed E-state index contributed by atoms with van der Waals surface area (Å²) in [4.78, 5) is 0. The van der Waals surface area contributed by atoms with Gasteiger partial charge >= 0.3 is 0 Å². The Hall–Kier alpha value is -1.58. The van der Waals surface area contributed by atoms with E-state index in [4.69, 9.17) is 37.4 Å². The van der Waals surface area contributed by atoms with E-state index in [1.807, 2.05) is 25.1 Å². The van der Waals surface area contributed by atoms with E-state index < -0.39 is 0 Å². The van der Waals surface area contributed by atoms with E-state index >= 15 is 0 Å². The molecule has 0 radical (unpaired) electrons. The maximum absolute atomic E-state index is 6.18. The Morgan fingerprint density at radius 3 is 2.12 bits per heavy atom. The molecule has 0 spiro atoms. The van der Waals surface area contributed by atoms with Gasteiger partial charge in [-0.1, -0.05) is 36.5 Å². The molecule has 3 nitrogen and oxygen atoms in total. The van der Waals surface area contributed by atoms with Gasteiger partial charge in [0.25, 0.3) is 0 Å². The zero-order valence-electron chi connectivity index (χ0n) is 14.4. The van der Waals surface area contributed by atoms with Gasteiger partial charge in [-0.25, -0.2) is 0 Å². The van der Waals surface area contributed by atoms with Gasteiger partial charge in [0, 0.05) is 15.6 Å². The Morgan fingerprint density at radius 2 is 1.58 bits per heavy atom. The molecule has 130 valence electrons. The van der Waals surface area contributed by atoms with E-state index in [1.54, 1.807) is 20.3 Å². The molecule has 2 aromatic rings. The van der Waals surface area contributed by atoms with Gasteiger partial charge in [-0.15, -0.1) is 0 Å². The number of aryl methyl sites for hydroxylation is 1. The molecule has 0 unspecified atom stereocenters. The van der Waals surface area contributed by atoms with Gasteiger partial charge in [0.05, 0.1) is 20.8 Å². The summed E-state index contributed by atoms with van der Waals surface area (Å²) >= 11 is 12.4. The Kier molecular flexibility index (Phi) is 6.64. The van der Waals surface area contributed by atoms with E-state index in [2.05, 4.69) is 6.92 Å². The standard InChI is InChI=1S/C19H22Cl2O3/c1-5-6-7-24-19-17(13-9-14(20)11-15(21)10-13)12(2)8-16(22-3)18(19)23-4/h8-11H,5-7H2,1-4H3. The fourth-order valence-corrected chi connectivity index (χ4v) is 3.12. The third-order valence-corrected chi connectivity index (χ3v) is 4.16. The van der Waals surface area contributed by atoms with Crippen molar-refractivity contribution in [2.45, 2.75) is 26.7 Å². The highest BCUT2D eigenvalue weighted by molar-refractivity contribution is 6.35. The molecule has 0 heterocycles. The summed E-state index contributed by atoms with van der Waals surface area (Å²) in [6.07, 6.45) is 2.00. The first-order valence-corrected chi connectivity index (χ1v) is 8.62. The van der Waals surface area contributed by atoms with Crippen LogP contribution < -0.4 is 14.2 Å². The largest absolute Gasteiger partial charge is 0.493 e. The van der Waals surface area contributed by atoms with Crippen molar-refractivity contribution in [2.75, 3.05) is 20.8 Å². The third-order valence-electron chi connectivity index (χ3n) is 3.72. The lowest BCUT2D eigenvalue weighted by atomic mass is 9.98. The fourth-order valence-electron chi connectivity index (χ4n) is 2.60. The average molecular weight is 369 g/mol. The van der Waals surface area contributed by atoms with E-state index in [9.17, 15) is 0 Å². The van der Waals surface area contributed by atoms with E-state index in [0.29, 0.717) is 33.9 Å². The molecule has 2 rings (SSSR count). The molecule has 24 heavy (non-hydrogen) atoms. The molecule has 0 aromatic heterocycles. The summed E-state index contributed by atoms with van der Waals surface area (Å²) in [5.74, 6) is 1.87. The van der Waals surface area contributed by atoms with Crippen LogP contribution in [-0.4, -0.2) is 20.8 Å². The minimum atomic E-state index is 0.574. The Bertz CT molecular complexity index is 694. The lowest BCUT2D eigenvalue weighted by Crippen LogP contribution is -2.03. The number of hydrogen-bond acceptors (Lipinski definition) is 3. The van der Waals surface area contributed by atoms with Crippen LogP contribution in [0, 0.1) is 6.92 Å².